The van der Waals surface area contributed by atoms with Gasteiger partial charge in [0.15, 0.2) is 23.2 Å². The van der Waals surface area contributed by atoms with Gasteiger partial charge in [-0.05, 0) is 25.5 Å². The van der Waals surface area contributed by atoms with Gasteiger partial charge in [-0.2, -0.15) is 8.78 Å². The van der Waals surface area contributed by atoms with Crippen LogP contribution < -0.4 is 20.7 Å². The van der Waals surface area contributed by atoms with Crippen molar-refractivity contribution in [1.29, 1.82) is 0 Å². The third-order valence-corrected chi connectivity index (χ3v) is 5.61. The zero-order valence-corrected chi connectivity index (χ0v) is 21.2. The van der Waals surface area contributed by atoms with Gasteiger partial charge in [0.2, 0.25) is 17.5 Å². The maximum atomic E-state index is 13.8. The number of halogens is 4. The van der Waals surface area contributed by atoms with Crippen molar-refractivity contribution in [1.82, 2.24) is 15.6 Å². The number of Topliss-reactive ketones (excluding diaryl/α,β-unsaturated/α-hetero) is 1. The van der Waals surface area contributed by atoms with E-state index in [4.69, 9.17) is 5.11 Å². The summed E-state index contributed by atoms with van der Waals surface area (Å²) >= 11 is 0. The van der Waals surface area contributed by atoms with Gasteiger partial charge in [-0.15, -0.1) is 0 Å². The van der Waals surface area contributed by atoms with Crippen LogP contribution in [0.2, 0.25) is 0 Å². The average molecular weight is 578 g/mol. The van der Waals surface area contributed by atoms with E-state index in [0.29, 0.717) is 10.9 Å². The Labute approximate surface area is 228 Å². The Morgan fingerprint density at radius 2 is 1.61 bits per heavy atom. The number of rotatable bonds is 11. The molecular weight excluding hydrogens is 556 g/mol. The molecule has 3 aromatic rings. The SMILES string of the molecule is C[C@H](NC(=O)C(=O)Nc1cccc2cccnc12)C(=O)N[C@@H](CCC(=O)O)C(=O)COc1c(F)c(F)cc(F)c1F. The van der Waals surface area contributed by atoms with Gasteiger partial charge in [0.1, 0.15) is 12.6 Å². The number of pyridine rings is 1. The molecule has 0 fully saturated rings. The number of carboxylic acid groups (broad SMARTS) is 1. The van der Waals surface area contributed by atoms with Crippen LogP contribution in [0, 0.1) is 23.3 Å². The van der Waals surface area contributed by atoms with E-state index in [-0.39, 0.29) is 11.8 Å². The number of carboxylic acids is 1. The van der Waals surface area contributed by atoms with Crippen LogP contribution in [0.3, 0.4) is 0 Å². The minimum atomic E-state index is -1.91. The standard InChI is InChI=1S/C26H22F4N4O7/c1-12(32-25(39)26(40)34-17-6-2-4-13-5-3-9-31-22(13)17)24(38)33-16(7-8-19(36)37)18(35)11-41-23-20(29)14(27)10-15(28)21(23)30/h2-6,9-10,12,16H,7-8,11H2,1H3,(H,32,39)(H,33,38)(H,34,40)(H,36,37)/t12-,16-/m0/s1. The maximum absolute atomic E-state index is 13.8. The van der Waals surface area contributed by atoms with Crippen molar-refractivity contribution in [2.45, 2.75) is 31.8 Å². The van der Waals surface area contributed by atoms with Gasteiger partial charge in [0, 0.05) is 24.1 Å². The number of ether oxygens (including phenoxy) is 1. The molecule has 41 heavy (non-hydrogen) atoms. The monoisotopic (exact) mass is 578 g/mol. The average Bonchev–Trinajstić information content (AvgIpc) is 2.93. The van der Waals surface area contributed by atoms with Crippen LogP contribution >= 0.6 is 0 Å². The second kappa shape index (κ2) is 13.3. The molecule has 0 saturated heterocycles. The predicted octanol–water partition coefficient (Wildman–Crippen LogP) is 2.23. The Hall–Kier alpha value is -5.08. The Morgan fingerprint density at radius 1 is 0.951 bits per heavy atom. The number of amides is 3. The minimum absolute atomic E-state index is 0.0654. The summed E-state index contributed by atoms with van der Waals surface area (Å²) < 4.78 is 59.0. The number of carbonyl (C=O) groups is 5. The van der Waals surface area contributed by atoms with Crippen molar-refractivity contribution in [2.24, 2.45) is 0 Å². The van der Waals surface area contributed by atoms with Gasteiger partial charge in [-0.3, -0.25) is 29.0 Å². The van der Waals surface area contributed by atoms with Crippen LogP contribution in [0.5, 0.6) is 5.75 Å². The largest absolute Gasteiger partial charge is 0.481 e. The number of nitrogens with one attached hydrogen (secondary N) is 3. The molecule has 11 nitrogen and oxygen atoms in total. The highest BCUT2D eigenvalue weighted by atomic mass is 19.2. The highest BCUT2D eigenvalue weighted by molar-refractivity contribution is 6.40. The molecule has 0 spiro atoms. The van der Waals surface area contributed by atoms with E-state index in [0.717, 1.165) is 6.92 Å². The number of nitrogens with zero attached hydrogens (tertiary/aromatic N) is 1. The van der Waals surface area contributed by atoms with Crippen LogP contribution in [0.1, 0.15) is 19.8 Å². The maximum Gasteiger partial charge on any atom is 0.313 e. The molecular formula is C26H22F4N4O7. The molecule has 1 aromatic heterocycles. The van der Waals surface area contributed by atoms with Crippen molar-refractivity contribution in [2.75, 3.05) is 11.9 Å². The van der Waals surface area contributed by atoms with Crippen molar-refractivity contribution in [3.8, 4) is 5.75 Å². The summed E-state index contributed by atoms with van der Waals surface area (Å²) in [6.45, 7) is -0.0427. The van der Waals surface area contributed by atoms with Crippen molar-refractivity contribution >= 4 is 46.1 Å². The zero-order chi connectivity index (χ0) is 30.3. The fourth-order valence-corrected chi connectivity index (χ4v) is 3.51. The number of hydrogen-bond acceptors (Lipinski definition) is 7. The Balaban J connectivity index is 1.63. The molecule has 15 heteroatoms. The zero-order valence-electron chi connectivity index (χ0n) is 21.2. The van der Waals surface area contributed by atoms with Crippen LogP contribution in [0.4, 0.5) is 23.2 Å². The number of aliphatic carboxylic acids is 1. The highest BCUT2D eigenvalue weighted by Crippen LogP contribution is 2.26. The van der Waals surface area contributed by atoms with Gasteiger partial charge in [0.05, 0.1) is 17.2 Å². The van der Waals surface area contributed by atoms with Crippen molar-refractivity contribution in [3.63, 3.8) is 0 Å². The molecule has 0 aliphatic heterocycles. The molecule has 0 unspecified atom stereocenters. The Kier molecular flexibility index (Phi) is 9.90. The number of ketones is 1. The van der Waals surface area contributed by atoms with Crippen molar-refractivity contribution < 1.29 is 51.4 Å². The lowest BCUT2D eigenvalue weighted by molar-refractivity contribution is -0.139. The first-order chi connectivity index (χ1) is 19.4. The number of aromatic nitrogens is 1. The van der Waals surface area contributed by atoms with Gasteiger partial charge >= 0.3 is 17.8 Å². The topological polar surface area (TPSA) is 164 Å². The van der Waals surface area contributed by atoms with Gasteiger partial charge < -0.3 is 25.8 Å². The molecule has 3 rings (SSSR count). The molecule has 3 amide bonds. The summed E-state index contributed by atoms with van der Waals surface area (Å²) in [5.41, 5.74) is 0.635. The molecule has 1 heterocycles. The lowest BCUT2D eigenvalue weighted by Crippen LogP contribution is -2.52. The van der Waals surface area contributed by atoms with E-state index in [1.165, 1.54) is 12.3 Å². The number of para-hydroxylation sites is 1. The smallest absolute Gasteiger partial charge is 0.313 e. The number of benzene rings is 2. The van der Waals surface area contributed by atoms with E-state index in [9.17, 15) is 41.5 Å². The molecule has 0 aliphatic carbocycles. The van der Waals surface area contributed by atoms with E-state index in [1.807, 2.05) is 0 Å². The number of hydrogen-bond donors (Lipinski definition) is 4. The van der Waals surface area contributed by atoms with Crippen LogP contribution in [0.15, 0.2) is 42.6 Å². The summed E-state index contributed by atoms with van der Waals surface area (Å²) in [7, 11) is 0. The third-order valence-electron chi connectivity index (χ3n) is 5.61. The summed E-state index contributed by atoms with van der Waals surface area (Å²) in [6.07, 6.45) is 0.332. The Morgan fingerprint density at radius 3 is 2.27 bits per heavy atom. The molecule has 0 aliphatic rings. The molecule has 0 bridgehead atoms. The quantitative estimate of drug-likeness (QED) is 0.153. The van der Waals surface area contributed by atoms with Gasteiger partial charge in [0.25, 0.3) is 0 Å². The van der Waals surface area contributed by atoms with E-state index in [1.54, 1.807) is 24.3 Å². The van der Waals surface area contributed by atoms with Crippen LogP contribution in [-0.4, -0.2) is 58.3 Å². The molecule has 2 aromatic carbocycles. The first kappa shape index (κ1) is 30.5. The third kappa shape index (κ3) is 7.74. The number of fused-ring (bicyclic) bond motifs is 1. The molecule has 0 saturated carbocycles. The van der Waals surface area contributed by atoms with E-state index >= 15 is 0 Å². The number of carbonyl (C=O) groups excluding carboxylic acids is 4. The molecule has 4 N–H and O–H groups in total. The first-order valence-electron chi connectivity index (χ1n) is 11.8. The first-order valence-corrected chi connectivity index (χ1v) is 11.8. The fourth-order valence-electron chi connectivity index (χ4n) is 3.51. The summed E-state index contributed by atoms with van der Waals surface area (Å²) in [6, 6.07) is 5.18. The molecule has 216 valence electrons. The second-order valence-electron chi connectivity index (χ2n) is 8.58. The summed E-state index contributed by atoms with van der Waals surface area (Å²) in [5, 5.41) is 16.3. The van der Waals surface area contributed by atoms with Gasteiger partial charge in [-0.25, -0.2) is 8.78 Å². The van der Waals surface area contributed by atoms with Crippen LogP contribution in [0.25, 0.3) is 10.9 Å². The van der Waals surface area contributed by atoms with E-state index in [2.05, 4.69) is 25.7 Å². The lowest BCUT2D eigenvalue weighted by Gasteiger charge is -2.20. The summed E-state index contributed by atoms with van der Waals surface area (Å²) in [5.74, 6) is -14.8. The van der Waals surface area contributed by atoms with E-state index < -0.39 is 90.0 Å². The van der Waals surface area contributed by atoms with Gasteiger partial charge in [-0.1, -0.05) is 18.2 Å². The van der Waals surface area contributed by atoms with Crippen LogP contribution in [-0.2, 0) is 24.0 Å². The Bertz CT molecular complexity index is 1490. The molecule has 2 atom stereocenters. The fraction of sp³-hybridized carbons (Fsp3) is 0.231. The highest BCUT2D eigenvalue weighted by Gasteiger charge is 2.28. The lowest BCUT2D eigenvalue weighted by atomic mass is 10.1. The normalized spacial score (nSPS) is 12.2. The second-order valence-corrected chi connectivity index (χ2v) is 8.58. The minimum Gasteiger partial charge on any atom is -0.481 e. The summed E-state index contributed by atoms with van der Waals surface area (Å²) in [4.78, 5) is 65.2. The molecule has 0 radical (unpaired) electrons. The van der Waals surface area contributed by atoms with Crippen molar-refractivity contribution in [3.05, 3.63) is 65.9 Å². The predicted molar refractivity (Wildman–Crippen MR) is 134 cm³/mol. The number of anilines is 1.